The number of imide groups is 1. The molecule has 1 aliphatic rings. The summed E-state index contributed by atoms with van der Waals surface area (Å²) in [5.74, 6) is 0.439. The number of carbonyl (C=O) groups excluding carboxylic acids is 2. The molecule has 1 heterocycles. The van der Waals surface area contributed by atoms with Crippen molar-refractivity contribution in [3.63, 3.8) is 0 Å². The zero-order valence-corrected chi connectivity index (χ0v) is 18.4. The molecule has 0 aromatic heterocycles. The van der Waals surface area contributed by atoms with E-state index in [1.165, 1.54) is 0 Å². The first-order chi connectivity index (χ1) is 14.3. The molecule has 0 saturated carbocycles. The van der Waals surface area contributed by atoms with Crippen LogP contribution in [0.5, 0.6) is 11.5 Å². The second-order valence-electron chi connectivity index (χ2n) is 6.71. The number of rotatable bonds is 7. The van der Waals surface area contributed by atoms with Crippen molar-refractivity contribution in [1.82, 2.24) is 5.32 Å². The molecule has 1 aliphatic heterocycles. The lowest BCUT2D eigenvalue weighted by molar-refractivity contribution is -0.113. The van der Waals surface area contributed by atoms with Crippen LogP contribution in [0.4, 0.5) is 10.5 Å². The topological polar surface area (TPSA) is 67.9 Å². The summed E-state index contributed by atoms with van der Waals surface area (Å²) in [4.78, 5) is 26.2. The van der Waals surface area contributed by atoms with Crippen LogP contribution in [0.15, 0.2) is 42.1 Å². The highest BCUT2D eigenvalue weighted by Gasteiger charge is 2.35. The third kappa shape index (κ3) is 4.71. The highest BCUT2D eigenvalue weighted by molar-refractivity contribution is 6.33. The third-order valence-corrected chi connectivity index (χ3v) is 5.00. The molecule has 2 aromatic carbocycles. The van der Waals surface area contributed by atoms with E-state index in [9.17, 15) is 9.59 Å². The van der Waals surface area contributed by atoms with Crippen LogP contribution in [0.25, 0.3) is 6.08 Å². The Morgan fingerprint density at radius 1 is 1.17 bits per heavy atom. The van der Waals surface area contributed by atoms with Gasteiger partial charge in [-0.2, -0.15) is 0 Å². The van der Waals surface area contributed by atoms with Crippen molar-refractivity contribution in [1.29, 1.82) is 0 Å². The van der Waals surface area contributed by atoms with E-state index < -0.39 is 11.9 Å². The molecule has 1 N–H and O–H groups in total. The number of nitrogens with one attached hydrogen (secondary N) is 1. The van der Waals surface area contributed by atoms with Gasteiger partial charge in [0, 0.05) is 5.02 Å². The maximum absolute atomic E-state index is 12.8. The number of hydrogen-bond acceptors (Lipinski definition) is 4. The minimum Gasteiger partial charge on any atom is -0.490 e. The lowest BCUT2D eigenvalue weighted by atomic mass is 10.1. The summed E-state index contributed by atoms with van der Waals surface area (Å²) in [6.07, 6.45) is 2.33. The highest BCUT2D eigenvalue weighted by Crippen LogP contribution is 2.38. The van der Waals surface area contributed by atoms with Crippen LogP contribution in [-0.2, 0) is 4.79 Å². The van der Waals surface area contributed by atoms with Crippen LogP contribution in [-0.4, -0.2) is 24.6 Å². The number of halogens is 2. The molecule has 0 spiro atoms. The number of anilines is 1. The summed E-state index contributed by atoms with van der Waals surface area (Å²) in [6, 6.07) is 9.36. The first kappa shape index (κ1) is 22.0. The molecule has 1 saturated heterocycles. The minimum absolute atomic E-state index is 0.0344. The quantitative estimate of drug-likeness (QED) is 0.437. The molecule has 30 heavy (non-hydrogen) atoms. The van der Waals surface area contributed by atoms with Gasteiger partial charge in [-0.15, -0.1) is 0 Å². The molecule has 6 nitrogen and oxygen atoms in total. The van der Waals surface area contributed by atoms with Gasteiger partial charge in [-0.05, 0) is 62.2 Å². The number of carbonyl (C=O) groups is 2. The Morgan fingerprint density at radius 2 is 1.93 bits per heavy atom. The minimum atomic E-state index is -0.554. The second-order valence-corrected chi connectivity index (χ2v) is 7.55. The zero-order chi connectivity index (χ0) is 21.8. The Morgan fingerprint density at radius 3 is 2.60 bits per heavy atom. The summed E-state index contributed by atoms with van der Waals surface area (Å²) >= 11 is 12.4. The Bertz CT molecular complexity index is 1010. The third-order valence-electron chi connectivity index (χ3n) is 4.48. The van der Waals surface area contributed by atoms with Crippen molar-refractivity contribution >= 4 is 46.9 Å². The summed E-state index contributed by atoms with van der Waals surface area (Å²) in [6.45, 7) is 6.23. The Labute approximate surface area is 185 Å². The van der Waals surface area contributed by atoms with Crippen molar-refractivity contribution in [3.05, 3.63) is 57.7 Å². The van der Waals surface area contributed by atoms with E-state index in [0.717, 1.165) is 11.3 Å². The van der Waals surface area contributed by atoms with Crippen molar-refractivity contribution < 1.29 is 19.1 Å². The van der Waals surface area contributed by atoms with Gasteiger partial charge in [0.15, 0.2) is 11.5 Å². The predicted octanol–water partition coefficient (Wildman–Crippen LogP) is 5.67. The number of amides is 3. The largest absolute Gasteiger partial charge is 0.490 e. The smallest absolute Gasteiger partial charge is 0.333 e. The van der Waals surface area contributed by atoms with Gasteiger partial charge >= 0.3 is 6.03 Å². The van der Waals surface area contributed by atoms with Gasteiger partial charge in [0.1, 0.15) is 5.70 Å². The number of urea groups is 1. The fourth-order valence-corrected chi connectivity index (χ4v) is 3.33. The van der Waals surface area contributed by atoms with Crippen molar-refractivity contribution in [3.8, 4) is 11.5 Å². The Kier molecular flexibility index (Phi) is 6.90. The van der Waals surface area contributed by atoms with Crippen molar-refractivity contribution in [2.75, 3.05) is 11.5 Å². The molecule has 8 heteroatoms. The molecule has 1 fully saturated rings. The Balaban J connectivity index is 1.94. The molecular weight excluding hydrogens is 427 g/mol. The first-order valence-corrected chi connectivity index (χ1v) is 10.3. The van der Waals surface area contributed by atoms with Crippen LogP contribution in [0.1, 0.15) is 32.8 Å². The molecule has 0 bridgehead atoms. The van der Waals surface area contributed by atoms with Crippen molar-refractivity contribution in [2.45, 2.75) is 33.3 Å². The van der Waals surface area contributed by atoms with E-state index in [1.54, 1.807) is 42.5 Å². The Hall–Kier alpha value is -2.70. The van der Waals surface area contributed by atoms with Crippen LogP contribution < -0.4 is 19.7 Å². The summed E-state index contributed by atoms with van der Waals surface area (Å²) in [5.41, 5.74) is 1.10. The summed E-state index contributed by atoms with van der Waals surface area (Å²) in [5, 5.41) is 3.37. The van der Waals surface area contributed by atoms with Gasteiger partial charge in [0.25, 0.3) is 5.91 Å². The predicted molar refractivity (Wildman–Crippen MR) is 118 cm³/mol. The maximum atomic E-state index is 12.8. The lowest BCUT2D eigenvalue weighted by Crippen LogP contribution is -2.30. The highest BCUT2D eigenvalue weighted by atomic mass is 35.5. The molecule has 1 atom stereocenters. The first-order valence-electron chi connectivity index (χ1n) is 9.59. The molecule has 0 radical (unpaired) electrons. The molecule has 0 unspecified atom stereocenters. The second kappa shape index (κ2) is 9.41. The summed E-state index contributed by atoms with van der Waals surface area (Å²) < 4.78 is 11.6. The average Bonchev–Trinajstić information content (AvgIpc) is 2.97. The number of nitrogens with zero attached hydrogens (tertiary/aromatic N) is 1. The van der Waals surface area contributed by atoms with Crippen LogP contribution in [0.2, 0.25) is 10.0 Å². The average molecular weight is 449 g/mol. The van der Waals surface area contributed by atoms with E-state index in [1.807, 2.05) is 20.8 Å². The SMILES string of the molecule is CCOc1cc(/C=C2/NC(=O)N(c3cccc(Cl)c3)C2=O)cc(Cl)c1O[C@H](C)CC. The number of ether oxygens (including phenoxy) is 2. The van der Waals surface area contributed by atoms with Gasteiger partial charge in [0.2, 0.25) is 0 Å². The molecule has 3 amide bonds. The summed E-state index contributed by atoms with van der Waals surface area (Å²) in [7, 11) is 0. The molecular formula is C22H22Cl2N2O4. The number of hydrogen-bond donors (Lipinski definition) is 1. The standard InChI is InChI=1S/C22H22Cl2N2O4/c1-4-13(3)30-20-17(24)9-14(11-19(20)29-5-2)10-18-21(27)26(22(28)25-18)16-8-6-7-15(23)12-16/h6-13H,4-5H2,1-3H3,(H,25,28)/b18-10+/t13-/m1/s1. The van der Waals surface area contributed by atoms with E-state index in [0.29, 0.717) is 39.4 Å². The molecule has 158 valence electrons. The van der Waals surface area contributed by atoms with Gasteiger partial charge in [-0.3, -0.25) is 4.79 Å². The fraction of sp³-hybridized carbons (Fsp3) is 0.273. The molecule has 3 rings (SSSR count). The molecule has 0 aliphatic carbocycles. The normalized spacial score (nSPS) is 16.0. The van der Waals surface area contributed by atoms with Gasteiger partial charge < -0.3 is 14.8 Å². The van der Waals surface area contributed by atoms with E-state index in [4.69, 9.17) is 32.7 Å². The van der Waals surface area contributed by atoms with Crippen molar-refractivity contribution in [2.24, 2.45) is 0 Å². The van der Waals surface area contributed by atoms with Gasteiger partial charge in [-0.25, -0.2) is 9.69 Å². The van der Waals surface area contributed by atoms with Crippen LogP contribution in [0.3, 0.4) is 0 Å². The van der Waals surface area contributed by atoms with Crippen LogP contribution in [0, 0.1) is 0 Å². The van der Waals surface area contributed by atoms with Crippen LogP contribution >= 0.6 is 23.2 Å². The monoisotopic (exact) mass is 448 g/mol. The zero-order valence-electron chi connectivity index (χ0n) is 16.9. The number of benzene rings is 2. The van der Waals surface area contributed by atoms with E-state index in [2.05, 4.69) is 5.32 Å². The maximum Gasteiger partial charge on any atom is 0.333 e. The fourth-order valence-electron chi connectivity index (χ4n) is 2.88. The van der Waals surface area contributed by atoms with Gasteiger partial charge in [0.05, 0.1) is 23.4 Å². The van der Waals surface area contributed by atoms with E-state index >= 15 is 0 Å². The lowest BCUT2D eigenvalue weighted by Gasteiger charge is -2.18. The van der Waals surface area contributed by atoms with E-state index in [-0.39, 0.29) is 11.8 Å². The molecule has 2 aromatic rings. The van der Waals surface area contributed by atoms with Gasteiger partial charge in [-0.1, -0.05) is 36.2 Å².